The van der Waals surface area contributed by atoms with Crippen LogP contribution in [0.25, 0.3) is 0 Å². The van der Waals surface area contributed by atoms with Gasteiger partial charge in [0.2, 0.25) is 0 Å². The van der Waals surface area contributed by atoms with Crippen LogP contribution in [0.2, 0.25) is 5.02 Å². The lowest BCUT2D eigenvalue weighted by atomic mass is 10.2. The average Bonchev–Trinajstić information content (AvgIpc) is 2.35. The van der Waals surface area contributed by atoms with Crippen molar-refractivity contribution < 1.29 is 4.39 Å². The van der Waals surface area contributed by atoms with Crippen molar-refractivity contribution in [3.8, 4) is 0 Å². The molecule has 0 amide bonds. The molecule has 0 aliphatic heterocycles. The summed E-state index contributed by atoms with van der Waals surface area (Å²) in [5, 5.41) is 3.35. The molecule has 1 N–H and O–H groups in total. The van der Waals surface area contributed by atoms with Crippen LogP contribution in [0, 0.1) is 13.0 Å². The van der Waals surface area contributed by atoms with E-state index in [1.807, 2.05) is 24.3 Å². The summed E-state index contributed by atoms with van der Waals surface area (Å²) in [6.07, 6.45) is -0.794. The molecule has 0 aliphatic rings. The number of rotatable bonds is 3. The molecule has 1 heterocycles. The summed E-state index contributed by atoms with van der Waals surface area (Å²) in [5.41, 5.74) is 2.32. The van der Waals surface area contributed by atoms with E-state index in [0.717, 1.165) is 11.4 Å². The minimum atomic E-state index is -0.794. The van der Waals surface area contributed by atoms with Gasteiger partial charge >= 0.3 is 6.08 Å². The molecular weight excluding hydrogens is 279 g/mol. The molecule has 2 aromatic rings. The van der Waals surface area contributed by atoms with Gasteiger partial charge in [-0.1, -0.05) is 17.7 Å². The van der Waals surface area contributed by atoms with Crippen LogP contribution in [0.1, 0.15) is 5.69 Å². The highest BCUT2D eigenvalue weighted by molar-refractivity contribution is 6.33. The van der Waals surface area contributed by atoms with Gasteiger partial charge in [-0.3, -0.25) is 4.48 Å². The molecule has 106 valence electrons. The summed E-state index contributed by atoms with van der Waals surface area (Å²) >= 11 is 6.09. The molecule has 6 heteroatoms. The van der Waals surface area contributed by atoms with Gasteiger partial charge in [0.1, 0.15) is 10.7 Å². The number of nitrogens with zero attached hydrogens (tertiary/aromatic N) is 3. The maximum absolute atomic E-state index is 13.3. The summed E-state index contributed by atoms with van der Waals surface area (Å²) in [6.45, 7) is 1.64. The molecule has 0 atom stereocenters. The highest BCUT2D eigenvalue weighted by atomic mass is 35.5. The normalized spacial score (nSPS) is 11.5. The Bertz CT molecular complexity index is 638. The largest absolute Gasteiger partial charge is 0.339 e. The molecular formula is C14H17ClFN4+. The molecule has 0 saturated heterocycles. The van der Waals surface area contributed by atoms with Crippen molar-refractivity contribution in [1.29, 1.82) is 0 Å². The third-order valence-electron chi connectivity index (χ3n) is 2.87. The molecule has 0 bridgehead atoms. The number of quaternary nitrogens is 1. The van der Waals surface area contributed by atoms with E-state index in [2.05, 4.69) is 36.4 Å². The predicted molar refractivity (Wildman–Crippen MR) is 81.0 cm³/mol. The van der Waals surface area contributed by atoms with Crippen LogP contribution in [0.5, 0.6) is 0 Å². The standard InChI is InChI=1S/C14H17ClFN4/c1-9-12(15)13(19-14(16)17-9)18-10-6-5-7-11(8-10)20(2,3)4/h5-8H,1-4H3,(H,17,18,19)/q+1. The van der Waals surface area contributed by atoms with E-state index in [1.54, 1.807) is 6.92 Å². The number of benzene rings is 1. The molecule has 1 aromatic carbocycles. The number of halogens is 2. The quantitative estimate of drug-likeness (QED) is 0.695. The van der Waals surface area contributed by atoms with Crippen molar-refractivity contribution in [3.05, 3.63) is 41.1 Å². The number of aromatic nitrogens is 2. The molecule has 0 saturated carbocycles. The Morgan fingerprint density at radius 3 is 2.55 bits per heavy atom. The fourth-order valence-electron chi connectivity index (χ4n) is 1.75. The zero-order valence-corrected chi connectivity index (χ0v) is 12.7. The Morgan fingerprint density at radius 1 is 1.20 bits per heavy atom. The van der Waals surface area contributed by atoms with E-state index < -0.39 is 6.08 Å². The molecule has 20 heavy (non-hydrogen) atoms. The Morgan fingerprint density at radius 2 is 1.90 bits per heavy atom. The zero-order valence-electron chi connectivity index (χ0n) is 11.9. The lowest BCUT2D eigenvalue weighted by Gasteiger charge is -2.24. The fourth-order valence-corrected chi connectivity index (χ4v) is 1.88. The second kappa shape index (κ2) is 5.34. The predicted octanol–water partition coefficient (Wildman–Crippen LogP) is 3.52. The highest BCUT2D eigenvalue weighted by Gasteiger charge is 2.14. The van der Waals surface area contributed by atoms with Crippen LogP contribution in [-0.4, -0.2) is 31.1 Å². The summed E-state index contributed by atoms with van der Waals surface area (Å²) in [4.78, 5) is 7.27. The van der Waals surface area contributed by atoms with Crippen LogP contribution in [0.3, 0.4) is 0 Å². The third kappa shape index (κ3) is 3.23. The van der Waals surface area contributed by atoms with Gasteiger partial charge in [0.15, 0.2) is 5.82 Å². The lowest BCUT2D eigenvalue weighted by molar-refractivity contribution is 0.486. The van der Waals surface area contributed by atoms with Gasteiger partial charge < -0.3 is 5.32 Å². The smallest absolute Gasteiger partial charge is 0.310 e. The topological polar surface area (TPSA) is 37.8 Å². The van der Waals surface area contributed by atoms with Gasteiger partial charge in [-0.2, -0.15) is 9.37 Å². The maximum atomic E-state index is 13.3. The Hall–Kier alpha value is -1.72. The number of nitrogens with one attached hydrogen (secondary N) is 1. The van der Waals surface area contributed by atoms with Crippen molar-refractivity contribution >= 4 is 28.8 Å². The zero-order chi connectivity index (χ0) is 14.9. The van der Waals surface area contributed by atoms with Crippen molar-refractivity contribution in [2.45, 2.75) is 6.92 Å². The van der Waals surface area contributed by atoms with Crippen molar-refractivity contribution in [2.75, 3.05) is 26.5 Å². The second-order valence-electron chi connectivity index (χ2n) is 5.43. The maximum Gasteiger partial charge on any atom is 0.310 e. The first-order valence-corrected chi connectivity index (χ1v) is 6.54. The number of hydrogen-bond donors (Lipinski definition) is 1. The average molecular weight is 296 g/mol. The molecule has 0 fully saturated rings. The fraction of sp³-hybridized carbons (Fsp3) is 0.286. The number of aryl methyl sites for hydroxylation is 1. The van der Waals surface area contributed by atoms with Crippen molar-refractivity contribution in [3.63, 3.8) is 0 Å². The van der Waals surface area contributed by atoms with Crippen LogP contribution in [0.15, 0.2) is 24.3 Å². The molecule has 2 rings (SSSR count). The van der Waals surface area contributed by atoms with Gasteiger partial charge in [0.25, 0.3) is 0 Å². The summed E-state index contributed by atoms with van der Waals surface area (Å²) in [5.74, 6) is 0.273. The van der Waals surface area contributed by atoms with Gasteiger partial charge in [-0.05, 0) is 19.1 Å². The van der Waals surface area contributed by atoms with Gasteiger partial charge in [0.05, 0.1) is 26.8 Å². The van der Waals surface area contributed by atoms with E-state index in [4.69, 9.17) is 11.6 Å². The Kier molecular flexibility index (Phi) is 3.92. The van der Waals surface area contributed by atoms with Crippen LogP contribution >= 0.6 is 11.6 Å². The minimum absolute atomic E-state index is 0.273. The first-order valence-electron chi connectivity index (χ1n) is 6.16. The van der Waals surface area contributed by atoms with E-state index in [9.17, 15) is 4.39 Å². The van der Waals surface area contributed by atoms with E-state index in [-0.39, 0.29) is 5.82 Å². The lowest BCUT2D eigenvalue weighted by Crippen LogP contribution is -2.34. The van der Waals surface area contributed by atoms with Gasteiger partial charge in [0, 0.05) is 11.8 Å². The van der Waals surface area contributed by atoms with Gasteiger partial charge in [-0.15, -0.1) is 0 Å². The van der Waals surface area contributed by atoms with Crippen LogP contribution in [0.4, 0.5) is 21.6 Å². The SMILES string of the molecule is Cc1nc(F)nc(Nc2cccc([N+](C)(C)C)c2)c1Cl. The minimum Gasteiger partial charge on any atom is -0.339 e. The summed E-state index contributed by atoms with van der Waals surface area (Å²) in [7, 11) is 6.21. The highest BCUT2D eigenvalue weighted by Crippen LogP contribution is 2.28. The van der Waals surface area contributed by atoms with E-state index >= 15 is 0 Å². The first kappa shape index (κ1) is 14.7. The van der Waals surface area contributed by atoms with E-state index in [1.165, 1.54) is 0 Å². The Labute approximate surface area is 122 Å². The number of hydrogen-bond acceptors (Lipinski definition) is 3. The summed E-state index contributed by atoms with van der Waals surface area (Å²) < 4.78 is 13.9. The first-order chi connectivity index (χ1) is 9.27. The molecule has 0 aliphatic carbocycles. The Balaban J connectivity index is 2.36. The molecule has 4 nitrogen and oxygen atoms in total. The molecule has 0 unspecified atom stereocenters. The third-order valence-corrected chi connectivity index (χ3v) is 3.33. The molecule has 0 spiro atoms. The van der Waals surface area contributed by atoms with Crippen LogP contribution < -0.4 is 9.80 Å². The second-order valence-corrected chi connectivity index (χ2v) is 5.81. The van der Waals surface area contributed by atoms with Gasteiger partial charge in [-0.25, -0.2) is 4.98 Å². The number of anilines is 2. The monoisotopic (exact) mass is 295 g/mol. The van der Waals surface area contributed by atoms with Crippen LogP contribution in [-0.2, 0) is 0 Å². The summed E-state index contributed by atoms with van der Waals surface area (Å²) in [6, 6.07) is 7.81. The van der Waals surface area contributed by atoms with Crippen molar-refractivity contribution in [1.82, 2.24) is 14.5 Å². The molecule has 1 aromatic heterocycles. The van der Waals surface area contributed by atoms with E-state index in [0.29, 0.717) is 15.2 Å². The van der Waals surface area contributed by atoms with Crippen molar-refractivity contribution in [2.24, 2.45) is 0 Å². The molecule has 0 radical (unpaired) electrons.